The number of nitrogens with zero attached hydrogens (tertiary/aromatic N) is 1. The zero-order valence-electron chi connectivity index (χ0n) is 3.87. The molecule has 0 unspecified atom stereocenters. The summed E-state index contributed by atoms with van der Waals surface area (Å²) in [5.74, 6) is -1.13. The Bertz CT molecular complexity index is 105. The summed E-state index contributed by atoms with van der Waals surface area (Å²) in [6, 6.07) is 0. The molecular formula is C3H4ClNO3. The van der Waals surface area contributed by atoms with Gasteiger partial charge in [-0.05, 0) is 0 Å². The molecule has 0 aromatic rings. The Morgan fingerprint density at radius 3 is 2.50 bits per heavy atom. The minimum atomic E-state index is -1.13. The first-order valence-corrected chi connectivity index (χ1v) is 2.10. The summed E-state index contributed by atoms with van der Waals surface area (Å²) in [6.45, 7) is -0.467. The number of carbonyl (C=O) groups excluding carboxylic acids is 1. The van der Waals surface area contributed by atoms with Gasteiger partial charge < -0.3 is 5.11 Å². The molecule has 1 N–H and O–H groups in total. The van der Waals surface area contributed by atoms with Crippen LogP contribution in [0.4, 0.5) is 0 Å². The first-order valence-electron chi connectivity index (χ1n) is 1.76. The Morgan fingerprint density at radius 1 is 1.88 bits per heavy atom. The fraction of sp³-hybridized carbons (Fsp3) is 0.333. The number of amides is 1. The average Bonchev–Trinajstić information content (AvgIpc) is 1.65. The van der Waals surface area contributed by atoms with E-state index in [0.29, 0.717) is 4.42 Å². The normalized spacial score (nSPS) is 8.12. The van der Waals surface area contributed by atoms with E-state index in [1.165, 1.54) is 0 Å². The highest BCUT2D eigenvalue weighted by molar-refractivity contribution is 6.19. The van der Waals surface area contributed by atoms with Gasteiger partial charge in [-0.3, -0.25) is 9.59 Å². The van der Waals surface area contributed by atoms with Crippen molar-refractivity contribution in [3.63, 3.8) is 0 Å². The molecule has 0 aliphatic carbocycles. The van der Waals surface area contributed by atoms with Gasteiger partial charge in [-0.15, -0.1) is 0 Å². The first-order chi connectivity index (χ1) is 3.66. The molecule has 0 radical (unpaired) electrons. The number of rotatable bonds is 3. The van der Waals surface area contributed by atoms with Crippen molar-refractivity contribution in [3.05, 3.63) is 0 Å². The Labute approximate surface area is 50.8 Å². The van der Waals surface area contributed by atoms with Gasteiger partial charge in [0.25, 0.3) is 0 Å². The van der Waals surface area contributed by atoms with Gasteiger partial charge in [0, 0.05) is 11.8 Å². The topological polar surface area (TPSA) is 57.6 Å². The largest absolute Gasteiger partial charge is 0.480 e. The second-order valence-electron chi connectivity index (χ2n) is 1.06. The minimum Gasteiger partial charge on any atom is -0.480 e. The van der Waals surface area contributed by atoms with Crippen molar-refractivity contribution in [3.8, 4) is 0 Å². The van der Waals surface area contributed by atoms with Crippen LogP contribution in [-0.4, -0.2) is 28.4 Å². The van der Waals surface area contributed by atoms with Gasteiger partial charge in [0.2, 0.25) is 6.41 Å². The van der Waals surface area contributed by atoms with Crippen molar-refractivity contribution in [1.29, 1.82) is 0 Å². The van der Waals surface area contributed by atoms with Crippen LogP contribution in [0.1, 0.15) is 0 Å². The Kier molecular flexibility index (Phi) is 2.95. The molecule has 0 saturated heterocycles. The highest BCUT2D eigenvalue weighted by Crippen LogP contribution is 1.84. The van der Waals surface area contributed by atoms with E-state index in [1.807, 2.05) is 0 Å². The summed E-state index contributed by atoms with van der Waals surface area (Å²) in [6.07, 6.45) is 0.232. The monoisotopic (exact) mass is 137 g/mol. The molecule has 0 heterocycles. The molecule has 0 fully saturated rings. The van der Waals surface area contributed by atoms with Gasteiger partial charge >= 0.3 is 5.97 Å². The number of carboxylic acid groups (broad SMARTS) is 1. The number of hydrogen-bond donors (Lipinski definition) is 1. The van der Waals surface area contributed by atoms with Gasteiger partial charge in [0.05, 0.1) is 0 Å². The Morgan fingerprint density at radius 2 is 2.38 bits per heavy atom. The Hall–Kier alpha value is -0.770. The number of carbonyl (C=O) groups is 2. The number of halogens is 1. The van der Waals surface area contributed by atoms with E-state index in [4.69, 9.17) is 16.9 Å². The highest BCUT2D eigenvalue weighted by atomic mass is 35.5. The molecular weight excluding hydrogens is 133 g/mol. The van der Waals surface area contributed by atoms with Gasteiger partial charge in [-0.2, -0.15) is 0 Å². The smallest absolute Gasteiger partial charge is 0.324 e. The van der Waals surface area contributed by atoms with E-state index in [0.717, 1.165) is 0 Å². The van der Waals surface area contributed by atoms with Crippen molar-refractivity contribution in [2.24, 2.45) is 0 Å². The summed E-state index contributed by atoms with van der Waals surface area (Å²) in [4.78, 5) is 19.3. The maximum Gasteiger partial charge on any atom is 0.324 e. The van der Waals surface area contributed by atoms with Gasteiger partial charge in [0.15, 0.2) is 0 Å². The molecule has 0 aromatic heterocycles. The first kappa shape index (κ1) is 7.23. The lowest BCUT2D eigenvalue weighted by molar-refractivity contribution is -0.138. The molecule has 0 bridgehead atoms. The van der Waals surface area contributed by atoms with E-state index in [2.05, 4.69) is 0 Å². The lowest BCUT2D eigenvalue weighted by Crippen LogP contribution is -2.18. The average molecular weight is 138 g/mol. The summed E-state index contributed by atoms with van der Waals surface area (Å²) in [5, 5.41) is 7.93. The van der Waals surface area contributed by atoms with Gasteiger partial charge in [-0.25, -0.2) is 4.42 Å². The zero-order valence-corrected chi connectivity index (χ0v) is 4.63. The maximum atomic E-state index is 9.68. The summed E-state index contributed by atoms with van der Waals surface area (Å²) >= 11 is 4.94. The summed E-state index contributed by atoms with van der Waals surface area (Å²) in [5.41, 5.74) is 0. The van der Waals surface area contributed by atoms with Crippen LogP contribution < -0.4 is 0 Å². The molecule has 0 spiro atoms. The fourth-order valence-electron chi connectivity index (χ4n) is 0.166. The van der Waals surface area contributed by atoms with Crippen LogP contribution in [0.3, 0.4) is 0 Å². The molecule has 46 valence electrons. The molecule has 0 atom stereocenters. The lowest BCUT2D eigenvalue weighted by atomic mass is 10.7. The molecule has 0 aliphatic rings. The lowest BCUT2D eigenvalue weighted by Gasteiger charge is -1.99. The minimum absolute atomic E-state index is 0.232. The predicted octanol–water partition coefficient (Wildman–Crippen LogP) is -0.317. The van der Waals surface area contributed by atoms with Crippen LogP contribution >= 0.6 is 11.8 Å². The number of aliphatic carboxylic acids is 1. The van der Waals surface area contributed by atoms with E-state index in [1.54, 1.807) is 0 Å². The SMILES string of the molecule is O=CN(Cl)CC(=O)O. The van der Waals surface area contributed by atoms with E-state index in [9.17, 15) is 9.59 Å². The quantitative estimate of drug-likeness (QED) is 0.429. The van der Waals surface area contributed by atoms with Gasteiger partial charge in [-0.1, -0.05) is 0 Å². The molecule has 1 amide bonds. The third kappa shape index (κ3) is 3.42. The third-order valence-corrected chi connectivity index (χ3v) is 0.600. The van der Waals surface area contributed by atoms with Crippen molar-refractivity contribution >= 4 is 24.2 Å². The van der Waals surface area contributed by atoms with Crippen LogP contribution in [0.15, 0.2) is 0 Å². The summed E-state index contributed by atoms with van der Waals surface area (Å²) < 4.78 is 0.516. The number of hydrogen-bond acceptors (Lipinski definition) is 2. The van der Waals surface area contributed by atoms with Crippen molar-refractivity contribution in [2.75, 3.05) is 6.54 Å². The van der Waals surface area contributed by atoms with E-state index < -0.39 is 12.5 Å². The fourth-order valence-corrected chi connectivity index (χ4v) is 0.269. The van der Waals surface area contributed by atoms with Crippen LogP contribution in [0.2, 0.25) is 0 Å². The molecule has 8 heavy (non-hydrogen) atoms. The second-order valence-corrected chi connectivity index (χ2v) is 1.49. The zero-order chi connectivity index (χ0) is 6.57. The highest BCUT2D eigenvalue weighted by Gasteiger charge is 2.00. The summed E-state index contributed by atoms with van der Waals surface area (Å²) in [7, 11) is 0. The van der Waals surface area contributed by atoms with Crippen molar-refractivity contribution in [1.82, 2.24) is 4.42 Å². The Balaban J connectivity index is 3.38. The van der Waals surface area contributed by atoms with E-state index >= 15 is 0 Å². The van der Waals surface area contributed by atoms with E-state index in [-0.39, 0.29) is 6.41 Å². The third-order valence-electron chi connectivity index (χ3n) is 0.401. The van der Waals surface area contributed by atoms with Crippen molar-refractivity contribution in [2.45, 2.75) is 0 Å². The number of carboxylic acids is 1. The molecule has 4 nitrogen and oxygen atoms in total. The molecule has 0 aliphatic heterocycles. The maximum absolute atomic E-state index is 9.68. The van der Waals surface area contributed by atoms with Gasteiger partial charge in [0.1, 0.15) is 6.54 Å². The van der Waals surface area contributed by atoms with Crippen LogP contribution in [0.25, 0.3) is 0 Å². The molecule has 0 saturated carbocycles. The van der Waals surface area contributed by atoms with Crippen molar-refractivity contribution < 1.29 is 14.7 Å². The van der Waals surface area contributed by atoms with Crippen LogP contribution in [0.5, 0.6) is 0 Å². The molecule has 0 rings (SSSR count). The standard InChI is InChI=1S/C3H4ClNO3/c4-5(2-6)1-3(7)8/h2H,1H2,(H,7,8). The molecule has 0 aromatic carbocycles. The van der Waals surface area contributed by atoms with Crippen LogP contribution in [-0.2, 0) is 9.59 Å². The second kappa shape index (κ2) is 3.26. The molecule has 5 heteroatoms. The van der Waals surface area contributed by atoms with Crippen LogP contribution in [0, 0.1) is 0 Å². The predicted molar refractivity (Wildman–Crippen MR) is 26.3 cm³/mol.